The highest BCUT2D eigenvalue weighted by molar-refractivity contribution is 7.07. The smallest absolute Gasteiger partial charge is 0.269 e. The number of hydrogen-bond donors (Lipinski definition) is 0. The fourth-order valence-electron chi connectivity index (χ4n) is 2.98. The van der Waals surface area contributed by atoms with Crippen molar-refractivity contribution < 1.29 is 9.66 Å². The highest BCUT2D eigenvalue weighted by atomic mass is 32.1. The van der Waals surface area contributed by atoms with Crippen LogP contribution in [0.1, 0.15) is 42.4 Å². The maximum Gasteiger partial charge on any atom is 0.269 e. The van der Waals surface area contributed by atoms with Crippen LogP contribution in [0.3, 0.4) is 0 Å². The highest BCUT2D eigenvalue weighted by Crippen LogP contribution is 2.17. The van der Waals surface area contributed by atoms with Crippen molar-refractivity contribution in [1.82, 2.24) is 0 Å². The van der Waals surface area contributed by atoms with Gasteiger partial charge in [0.2, 0.25) is 0 Å². The molecule has 0 aliphatic rings. The van der Waals surface area contributed by atoms with Crippen LogP contribution >= 0.6 is 11.3 Å². The number of nitro benzene ring substituents is 1. The molecule has 29 heavy (non-hydrogen) atoms. The lowest BCUT2D eigenvalue weighted by atomic mass is 10.1. The second-order valence-corrected chi connectivity index (χ2v) is 7.68. The molecule has 0 saturated heterocycles. The summed E-state index contributed by atoms with van der Waals surface area (Å²) in [5.41, 5.74) is 3.54. The SMILES string of the molecule is O=[N+]([O-])c1ccc(/C=C/c2ccc(OCCCCCCc3ccsc3)cc2)cc1. The van der Waals surface area contributed by atoms with Crippen LogP contribution in [-0.4, -0.2) is 11.5 Å². The number of nitro groups is 1. The molecule has 0 fully saturated rings. The average Bonchev–Trinajstić information content (AvgIpc) is 3.26. The predicted octanol–water partition coefficient (Wildman–Crippen LogP) is 7.01. The van der Waals surface area contributed by atoms with Gasteiger partial charge < -0.3 is 4.74 Å². The Bertz CT molecular complexity index is 900. The molecule has 0 aliphatic heterocycles. The molecule has 0 amide bonds. The van der Waals surface area contributed by atoms with Gasteiger partial charge in [-0.3, -0.25) is 10.1 Å². The summed E-state index contributed by atoms with van der Waals surface area (Å²) in [5, 5.41) is 15.1. The van der Waals surface area contributed by atoms with Gasteiger partial charge in [-0.1, -0.05) is 37.1 Å². The summed E-state index contributed by atoms with van der Waals surface area (Å²) < 4.78 is 5.83. The largest absolute Gasteiger partial charge is 0.494 e. The van der Waals surface area contributed by atoms with Crippen molar-refractivity contribution in [1.29, 1.82) is 0 Å². The lowest BCUT2D eigenvalue weighted by Gasteiger charge is -2.06. The van der Waals surface area contributed by atoms with Crippen LogP contribution in [0.5, 0.6) is 5.75 Å². The van der Waals surface area contributed by atoms with Crippen molar-refractivity contribution in [2.24, 2.45) is 0 Å². The number of benzene rings is 2. The molecule has 3 aromatic rings. The molecule has 150 valence electrons. The average molecular weight is 408 g/mol. The highest BCUT2D eigenvalue weighted by Gasteiger charge is 2.02. The van der Waals surface area contributed by atoms with Gasteiger partial charge in [-0.15, -0.1) is 0 Å². The first kappa shape index (κ1) is 20.8. The Morgan fingerprint density at radius 2 is 1.52 bits per heavy atom. The number of hydrogen-bond acceptors (Lipinski definition) is 4. The molecule has 0 unspecified atom stereocenters. The van der Waals surface area contributed by atoms with E-state index >= 15 is 0 Å². The third-order valence-electron chi connectivity index (χ3n) is 4.66. The Kier molecular flexibility index (Phi) is 8.01. The molecule has 0 spiro atoms. The van der Waals surface area contributed by atoms with Crippen molar-refractivity contribution in [3.63, 3.8) is 0 Å². The zero-order valence-corrected chi connectivity index (χ0v) is 17.1. The Labute approximate surface area is 175 Å². The number of thiophene rings is 1. The molecule has 0 N–H and O–H groups in total. The van der Waals surface area contributed by atoms with Crippen LogP contribution in [0.4, 0.5) is 5.69 Å². The van der Waals surface area contributed by atoms with E-state index in [1.165, 1.54) is 43.4 Å². The minimum absolute atomic E-state index is 0.103. The van der Waals surface area contributed by atoms with E-state index in [-0.39, 0.29) is 5.69 Å². The molecule has 3 rings (SSSR count). The molecule has 0 aliphatic carbocycles. The van der Waals surface area contributed by atoms with E-state index in [0.717, 1.165) is 29.9 Å². The Hall–Kier alpha value is -2.92. The third kappa shape index (κ3) is 7.20. The summed E-state index contributed by atoms with van der Waals surface area (Å²) in [6, 6.07) is 16.7. The van der Waals surface area contributed by atoms with Crippen LogP contribution in [-0.2, 0) is 6.42 Å². The summed E-state index contributed by atoms with van der Waals surface area (Å²) in [4.78, 5) is 10.3. The summed E-state index contributed by atoms with van der Waals surface area (Å²) in [7, 11) is 0. The fraction of sp³-hybridized carbons (Fsp3) is 0.250. The molecule has 0 radical (unpaired) electrons. The summed E-state index contributed by atoms with van der Waals surface area (Å²) in [5.74, 6) is 0.885. The Morgan fingerprint density at radius 1 is 0.862 bits per heavy atom. The topological polar surface area (TPSA) is 52.4 Å². The van der Waals surface area contributed by atoms with Gasteiger partial charge in [-0.25, -0.2) is 0 Å². The van der Waals surface area contributed by atoms with E-state index in [0.29, 0.717) is 0 Å². The normalized spacial score (nSPS) is 11.0. The second-order valence-electron chi connectivity index (χ2n) is 6.90. The minimum Gasteiger partial charge on any atom is -0.494 e. The molecule has 1 aromatic heterocycles. The summed E-state index contributed by atoms with van der Waals surface area (Å²) in [6.45, 7) is 0.746. The molecule has 2 aromatic carbocycles. The standard InChI is InChI=1S/C24H25NO3S/c26-25(27)23-12-8-20(9-13-23)6-7-21-10-14-24(15-11-21)28-17-4-2-1-3-5-22-16-18-29-19-22/h6-16,18-19H,1-5,17H2/b7-6+. The van der Waals surface area contributed by atoms with Crippen LogP contribution in [0.25, 0.3) is 12.2 Å². The second kappa shape index (κ2) is 11.2. The maximum absolute atomic E-state index is 10.7. The lowest BCUT2D eigenvalue weighted by molar-refractivity contribution is -0.384. The molecule has 4 nitrogen and oxygen atoms in total. The van der Waals surface area contributed by atoms with E-state index in [2.05, 4.69) is 16.8 Å². The Balaban J connectivity index is 1.34. The molecular formula is C24H25NO3S. The number of rotatable bonds is 11. The third-order valence-corrected chi connectivity index (χ3v) is 5.39. The molecular weight excluding hydrogens is 382 g/mol. The van der Waals surface area contributed by atoms with Gasteiger partial charge in [-0.2, -0.15) is 11.3 Å². The summed E-state index contributed by atoms with van der Waals surface area (Å²) in [6.07, 6.45) is 9.86. The number of ether oxygens (including phenoxy) is 1. The van der Waals surface area contributed by atoms with Crippen molar-refractivity contribution in [3.05, 3.63) is 92.2 Å². The van der Waals surface area contributed by atoms with E-state index in [9.17, 15) is 10.1 Å². The molecule has 0 bridgehead atoms. The number of non-ortho nitro benzene ring substituents is 1. The Morgan fingerprint density at radius 3 is 2.14 bits per heavy atom. The summed E-state index contributed by atoms with van der Waals surface area (Å²) >= 11 is 1.77. The van der Waals surface area contributed by atoms with E-state index in [1.807, 2.05) is 36.4 Å². The molecule has 5 heteroatoms. The minimum atomic E-state index is -0.392. The van der Waals surface area contributed by atoms with Gasteiger partial charge in [0.25, 0.3) is 5.69 Å². The lowest BCUT2D eigenvalue weighted by Crippen LogP contribution is -1.97. The molecule has 1 heterocycles. The van der Waals surface area contributed by atoms with Gasteiger partial charge in [0.1, 0.15) is 5.75 Å². The number of aryl methyl sites for hydroxylation is 1. The monoisotopic (exact) mass is 407 g/mol. The van der Waals surface area contributed by atoms with E-state index in [4.69, 9.17) is 4.74 Å². The van der Waals surface area contributed by atoms with Crippen LogP contribution in [0.15, 0.2) is 65.4 Å². The zero-order chi connectivity index (χ0) is 20.3. The quantitative estimate of drug-likeness (QED) is 0.149. The maximum atomic E-state index is 10.7. The first-order valence-corrected chi connectivity index (χ1v) is 10.8. The molecule has 0 saturated carbocycles. The van der Waals surface area contributed by atoms with Crippen LogP contribution in [0, 0.1) is 10.1 Å². The predicted molar refractivity (Wildman–Crippen MR) is 120 cm³/mol. The van der Waals surface area contributed by atoms with Crippen molar-refractivity contribution >= 4 is 29.2 Å². The van der Waals surface area contributed by atoms with Gasteiger partial charge in [0.15, 0.2) is 0 Å². The van der Waals surface area contributed by atoms with Gasteiger partial charge >= 0.3 is 0 Å². The van der Waals surface area contributed by atoms with Crippen molar-refractivity contribution in [3.8, 4) is 5.75 Å². The van der Waals surface area contributed by atoms with Gasteiger partial charge in [0.05, 0.1) is 11.5 Å². The first-order chi connectivity index (χ1) is 14.2. The van der Waals surface area contributed by atoms with Crippen molar-refractivity contribution in [2.75, 3.05) is 6.61 Å². The van der Waals surface area contributed by atoms with Crippen LogP contribution in [0.2, 0.25) is 0 Å². The zero-order valence-electron chi connectivity index (χ0n) is 16.3. The first-order valence-electron chi connectivity index (χ1n) is 9.87. The number of unbranched alkanes of at least 4 members (excludes halogenated alkanes) is 3. The number of nitrogens with zero attached hydrogens (tertiary/aromatic N) is 1. The fourth-order valence-corrected chi connectivity index (χ4v) is 3.69. The van der Waals surface area contributed by atoms with Crippen molar-refractivity contribution in [2.45, 2.75) is 32.1 Å². The van der Waals surface area contributed by atoms with E-state index < -0.39 is 4.92 Å². The molecule has 0 atom stereocenters. The van der Waals surface area contributed by atoms with Crippen LogP contribution < -0.4 is 4.74 Å². The van der Waals surface area contributed by atoms with Gasteiger partial charge in [-0.05, 0) is 77.0 Å². The van der Waals surface area contributed by atoms with E-state index in [1.54, 1.807) is 23.5 Å². The van der Waals surface area contributed by atoms with Gasteiger partial charge in [0, 0.05) is 12.1 Å².